The van der Waals surface area contributed by atoms with Crippen LogP contribution < -0.4 is 10.5 Å². The van der Waals surface area contributed by atoms with Gasteiger partial charge in [0.15, 0.2) is 0 Å². The molecule has 2 rings (SSSR count). The Hall–Kier alpha value is -0.960. The Bertz CT molecular complexity index is 513. The quantitative estimate of drug-likeness (QED) is 0.768. The molecule has 0 bridgehead atoms. The third kappa shape index (κ3) is 3.53. The molecule has 0 saturated carbocycles. The summed E-state index contributed by atoms with van der Waals surface area (Å²) in [4.78, 5) is 0. The van der Waals surface area contributed by atoms with E-state index >= 15 is 0 Å². The Labute approximate surface area is 113 Å². The summed E-state index contributed by atoms with van der Waals surface area (Å²) >= 11 is 0. The third-order valence-electron chi connectivity index (χ3n) is 3.37. The molecule has 1 atom stereocenters. The number of aromatic nitrogens is 2. The van der Waals surface area contributed by atoms with Gasteiger partial charge in [0.2, 0.25) is 0 Å². The van der Waals surface area contributed by atoms with Crippen molar-refractivity contribution in [3.8, 4) is 0 Å². The fourth-order valence-electron chi connectivity index (χ4n) is 2.35. The molecule has 0 aliphatic carbocycles. The minimum absolute atomic E-state index is 0.0832. The van der Waals surface area contributed by atoms with Gasteiger partial charge >= 0.3 is 0 Å². The smallest absolute Gasteiger partial charge is 0.280 e. The lowest BCUT2D eigenvalue weighted by Gasteiger charge is -2.33. The molecule has 19 heavy (non-hydrogen) atoms. The molecule has 3 N–H and O–H groups in total. The largest absolute Gasteiger partial charge is 0.329 e. The molecule has 7 nitrogen and oxygen atoms in total. The van der Waals surface area contributed by atoms with Gasteiger partial charge in [-0.25, -0.2) is 0 Å². The van der Waals surface area contributed by atoms with Gasteiger partial charge in [-0.15, -0.1) is 0 Å². The van der Waals surface area contributed by atoms with Gasteiger partial charge < -0.3 is 5.73 Å². The second-order valence-electron chi connectivity index (χ2n) is 4.84. The summed E-state index contributed by atoms with van der Waals surface area (Å²) in [5, 5.41) is 4.01. The first-order valence-electron chi connectivity index (χ1n) is 6.47. The van der Waals surface area contributed by atoms with Gasteiger partial charge in [-0.2, -0.15) is 22.5 Å². The van der Waals surface area contributed by atoms with Crippen LogP contribution in [0.1, 0.15) is 24.8 Å². The van der Waals surface area contributed by atoms with Crippen LogP contribution in [-0.2, 0) is 23.8 Å². The van der Waals surface area contributed by atoms with E-state index in [4.69, 9.17) is 5.73 Å². The van der Waals surface area contributed by atoms with Crippen LogP contribution >= 0.6 is 0 Å². The highest BCUT2D eigenvalue weighted by molar-refractivity contribution is 7.87. The van der Waals surface area contributed by atoms with Crippen molar-refractivity contribution in [3.05, 3.63) is 18.0 Å². The predicted molar refractivity (Wildman–Crippen MR) is 72.4 cm³/mol. The van der Waals surface area contributed by atoms with Crippen molar-refractivity contribution in [3.63, 3.8) is 0 Å². The van der Waals surface area contributed by atoms with Crippen LogP contribution in [0.4, 0.5) is 0 Å². The summed E-state index contributed by atoms with van der Waals surface area (Å²) in [6, 6.07) is -0.0832. The molecule has 8 heteroatoms. The molecule has 1 fully saturated rings. The number of aryl methyl sites for hydroxylation is 1. The Balaban J connectivity index is 2.00. The van der Waals surface area contributed by atoms with Crippen molar-refractivity contribution in [2.75, 3.05) is 13.1 Å². The van der Waals surface area contributed by atoms with E-state index in [0.717, 1.165) is 24.8 Å². The zero-order valence-electron chi connectivity index (χ0n) is 11.1. The van der Waals surface area contributed by atoms with Gasteiger partial charge in [-0.1, -0.05) is 6.42 Å². The Morgan fingerprint density at radius 2 is 2.32 bits per heavy atom. The predicted octanol–water partition coefficient (Wildman–Crippen LogP) is -0.432. The lowest BCUT2D eigenvalue weighted by Crippen LogP contribution is -2.51. The fourth-order valence-corrected chi connectivity index (χ4v) is 3.81. The average molecular weight is 287 g/mol. The molecule has 0 amide bonds. The first-order valence-corrected chi connectivity index (χ1v) is 7.91. The maximum absolute atomic E-state index is 12.3. The van der Waals surface area contributed by atoms with Gasteiger partial charge in [0.25, 0.3) is 10.2 Å². The number of nitrogens with zero attached hydrogens (tertiary/aromatic N) is 3. The summed E-state index contributed by atoms with van der Waals surface area (Å²) in [5.74, 6) is 0. The highest BCUT2D eigenvalue weighted by atomic mass is 32.2. The number of nitrogens with one attached hydrogen (secondary N) is 1. The summed E-state index contributed by atoms with van der Waals surface area (Å²) in [5.41, 5.74) is 6.49. The van der Waals surface area contributed by atoms with E-state index in [0.29, 0.717) is 13.1 Å². The normalized spacial score (nSPS) is 21.7. The molecular formula is C11H21N5O2S. The van der Waals surface area contributed by atoms with E-state index in [2.05, 4.69) is 9.82 Å². The second-order valence-corrected chi connectivity index (χ2v) is 6.55. The minimum atomic E-state index is -3.47. The summed E-state index contributed by atoms with van der Waals surface area (Å²) in [6.07, 6.45) is 6.21. The van der Waals surface area contributed by atoms with Crippen LogP contribution in [0.2, 0.25) is 0 Å². The molecule has 1 saturated heterocycles. The molecule has 1 aromatic rings. The molecule has 1 aromatic heterocycles. The lowest BCUT2D eigenvalue weighted by molar-refractivity contribution is 0.254. The summed E-state index contributed by atoms with van der Waals surface area (Å²) in [7, 11) is -1.67. The van der Waals surface area contributed by atoms with E-state index in [1.165, 1.54) is 4.31 Å². The Morgan fingerprint density at radius 1 is 1.53 bits per heavy atom. The molecule has 1 aliphatic heterocycles. The fraction of sp³-hybridized carbons (Fsp3) is 0.727. The van der Waals surface area contributed by atoms with E-state index < -0.39 is 10.2 Å². The number of hydrogen-bond donors (Lipinski definition) is 2. The monoisotopic (exact) mass is 287 g/mol. The van der Waals surface area contributed by atoms with Gasteiger partial charge in [0.1, 0.15) is 0 Å². The number of rotatable bonds is 5. The average Bonchev–Trinajstić information content (AvgIpc) is 2.82. The number of hydrogen-bond acceptors (Lipinski definition) is 4. The zero-order valence-corrected chi connectivity index (χ0v) is 11.9. The first-order chi connectivity index (χ1) is 9.03. The van der Waals surface area contributed by atoms with E-state index in [-0.39, 0.29) is 12.6 Å². The summed E-state index contributed by atoms with van der Waals surface area (Å²) in [6.45, 7) is 1.17. The van der Waals surface area contributed by atoms with Gasteiger partial charge in [-0.3, -0.25) is 4.68 Å². The van der Waals surface area contributed by atoms with Crippen LogP contribution in [0.5, 0.6) is 0 Å². The molecule has 1 unspecified atom stereocenters. The topological polar surface area (TPSA) is 93.2 Å². The van der Waals surface area contributed by atoms with Gasteiger partial charge in [0.05, 0.1) is 6.20 Å². The van der Waals surface area contributed by atoms with Gasteiger partial charge in [0, 0.05) is 44.5 Å². The molecule has 1 aliphatic rings. The van der Waals surface area contributed by atoms with Crippen molar-refractivity contribution in [1.29, 1.82) is 0 Å². The van der Waals surface area contributed by atoms with Crippen LogP contribution in [0.15, 0.2) is 12.4 Å². The highest BCUT2D eigenvalue weighted by Crippen LogP contribution is 2.19. The van der Waals surface area contributed by atoms with E-state index in [1.54, 1.807) is 24.1 Å². The van der Waals surface area contributed by atoms with Crippen molar-refractivity contribution < 1.29 is 8.42 Å². The van der Waals surface area contributed by atoms with Crippen LogP contribution in [0.25, 0.3) is 0 Å². The van der Waals surface area contributed by atoms with E-state index in [9.17, 15) is 8.42 Å². The SMILES string of the molecule is Cn1cc(CNS(=O)(=O)N2CCCCC2CN)cn1. The minimum Gasteiger partial charge on any atom is -0.329 e. The maximum Gasteiger partial charge on any atom is 0.280 e. The van der Waals surface area contributed by atoms with Crippen LogP contribution in [-0.4, -0.2) is 41.6 Å². The standard InChI is InChI=1S/C11H21N5O2S/c1-15-9-10(7-13-15)8-14-19(17,18)16-5-3-2-4-11(16)6-12/h7,9,11,14H,2-6,8,12H2,1H3. The lowest BCUT2D eigenvalue weighted by atomic mass is 10.1. The molecule has 0 spiro atoms. The maximum atomic E-state index is 12.3. The highest BCUT2D eigenvalue weighted by Gasteiger charge is 2.31. The van der Waals surface area contributed by atoms with E-state index in [1.807, 2.05) is 0 Å². The number of piperidine rings is 1. The van der Waals surface area contributed by atoms with Crippen molar-refractivity contribution in [2.24, 2.45) is 12.8 Å². The Kier molecular flexibility index (Phi) is 4.56. The van der Waals surface area contributed by atoms with Gasteiger partial charge in [-0.05, 0) is 12.8 Å². The third-order valence-corrected chi connectivity index (χ3v) is 4.98. The van der Waals surface area contributed by atoms with Crippen LogP contribution in [0.3, 0.4) is 0 Å². The molecule has 2 heterocycles. The van der Waals surface area contributed by atoms with Crippen LogP contribution in [0, 0.1) is 0 Å². The van der Waals surface area contributed by atoms with Crippen molar-refractivity contribution >= 4 is 10.2 Å². The second kappa shape index (κ2) is 6.00. The molecule has 0 aromatic carbocycles. The molecule has 108 valence electrons. The molecule has 0 radical (unpaired) electrons. The molecular weight excluding hydrogens is 266 g/mol. The number of nitrogens with two attached hydrogens (primary N) is 1. The van der Waals surface area contributed by atoms with Crippen molar-refractivity contribution in [1.82, 2.24) is 18.8 Å². The first kappa shape index (κ1) is 14.4. The van der Waals surface area contributed by atoms with Crippen molar-refractivity contribution in [2.45, 2.75) is 31.8 Å². The Morgan fingerprint density at radius 3 is 2.95 bits per heavy atom. The summed E-state index contributed by atoms with van der Waals surface area (Å²) < 4.78 is 30.3. The zero-order chi connectivity index (χ0) is 13.9.